The van der Waals surface area contributed by atoms with Crippen LogP contribution in [0.1, 0.15) is 156 Å². The number of fused-ring (bicyclic) bond motifs is 25. The average Bonchev–Trinajstić information content (AvgIpc) is 0.752. The molecule has 0 unspecified atom stereocenters. The van der Waals surface area contributed by atoms with Crippen LogP contribution in [0, 0.1) is 55.4 Å². The Labute approximate surface area is 742 Å². The Balaban J connectivity index is 0.000000143. The zero-order chi connectivity index (χ0) is 91.0. The highest BCUT2D eigenvalue weighted by Crippen LogP contribution is 2.48. The molecule has 4 amide bonds. The fraction of sp³-hybridized carbons (Fsp3) is 0.349. The van der Waals surface area contributed by atoms with E-state index >= 15 is 0 Å². The van der Waals surface area contributed by atoms with Crippen LogP contribution in [0.2, 0.25) is 0 Å². The summed E-state index contributed by atoms with van der Waals surface area (Å²) in [6, 6.07) is 43.7. The van der Waals surface area contributed by atoms with Crippen LogP contribution >= 0.6 is 0 Å². The number of benzene rings is 12. The van der Waals surface area contributed by atoms with Crippen LogP contribution < -0.4 is 18.9 Å². The maximum Gasteiger partial charge on any atom is 0.410 e. The summed E-state index contributed by atoms with van der Waals surface area (Å²) in [5.41, 5.74) is 18.0. The molecule has 0 saturated heterocycles. The van der Waals surface area contributed by atoms with Gasteiger partial charge in [-0.3, -0.25) is 9.59 Å². The van der Waals surface area contributed by atoms with Gasteiger partial charge in [0.15, 0.2) is 11.5 Å². The molecule has 5 aliphatic heterocycles. The lowest BCUT2D eigenvalue weighted by atomic mass is 9.82. The van der Waals surface area contributed by atoms with Crippen molar-refractivity contribution in [2.45, 2.75) is 210 Å². The van der Waals surface area contributed by atoms with Crippen molar-refractivity contribution >= 4 is 116 Å². The Morgan fingerprint density at radius 3 is 0.992 bits per heavy atom. The number of hydrogen-bond acceptors (Lipinski definition) is 13. The number of nitrogens with zero attached hydrogens (tertiary/aromatic N) is 4. The number of hydrogen-bond donors (Lipinski definition) is 0. The number of aldehydes is 1. The Bertz CT molecular complexity index is 6240. The highest BCUT2D eigenvalue weighted by Gasteiger charge is 2.41. The molecule has 126 heavy (non-hydrogen) atoms. The van der Waals surface area contributed by atoms with E-state index in [-0.39, 0.29) is 60.3 Å². The predicted molar refractivity (Wildman–Crippen MR) is 512 cm³/mol. The first-order valence-corrected chi connectivity index (χ1v) is 43.5. The van der Waals surface area contributed by atoms with Gasteiger partial charge in [-0.1, -0.05) is 114 Å². The lowest BCUT2D eigenvalue weighted by Crippen LogP contribution is -2.47. The third-order valence-electron chi connectivity index (χ3n) is 25.4. The zero-order valence-electron chi connectivity index (χ0n) is 77.3. The Morgan fingerprint density at radius 2 is 0.690 bits per heavy atom. The molecule has 5 aliphatic rings. The SMILES string of the molecule is C=C.C=CC[C@@H]1Cc2c(c3ccc(C)cc3c3cc(C)c(OC)cc23)CN1C(=O)C(=C)OC.C=CC[C@@H]1Cc2c(c3ccc(C)cc3c3cc(C)c(OC)cc23)CN1C(=O)OC(C)(C)C.COC1=CC[C@@H]2Cc3c(c4ccc(C)cc4c4cc(C)c(OC)cc34)CN2C1=O.COc1cc2c3c(c4ccc(C)cc4c2cc1C)CN(C(=O)OC(C)(C)C)[C@H](CC=O)C3. The summed E-state index contributed by atoms with van der Waals surface area (Å²) in [4.78, 5) is 71.2. The normalized spacial score (nSPS) is 16.3. The van der Waals surface area contributed by atoms with E-state index in [1.165, 1.54) is 144 Å². The molecule has 0 bridgehead atoms. The van der Waals surface area contributed by atoms with Crippen LogP contribution in [0.4, 0.5) is 9.59 Å². The highest BCUT2D eigenvalue weighted by atomic mass is 16.6. The summed E-state index contributed by atoms with van der Waals surface area (Å²) in [5, 5.41) is 19.3. The molecular formula is C109H122N4O13. The molecule has 4 atom stereocenters. The number of aryl methyl sites for hydroxylation is 8. The van der Waals surface area contributed by atoms with Gasteiger partial charge in [-0.15, -0.1) is 26.3 Å². The van der Waals surface area contributed by atoms with Crippen molar-refractivity contribution in [1.82, 2.24) is 19.6 Å². The Hall–Kier alpha value is -12.6. The first kappa shape index (κ1) is 91.1. The molecule has 17 nitrogen and oxygen atoms in total. The van der Waals surface area contributed by atoms with E-state index in [0.29, 0.717) is 44.8 Å². The molecule has 0 radical (unpaired) electrons. The standard InChI is InChI=1S/C28H33NO3.C27H31NO4.C27H29NO3.C25H25NO3.C2H4/c1-8-9-19-14-23-24-15-26(31-7)18(3)13-22(24)21-12-17(2)10-11-20(21)25(23)16-29(19)27(30)32-28(4,5)6;1-16-7-8-19-20(11-16)21-12-17(2)25(31-6)14-23(21)22-13-18(9-10-29)28(15-24(19)22)26(30)32-27(3,4)5;1-7-8-19-13-23-24-14-26(31-6)17(3)12-22(24)21-11-16(2)9-10-20(21)25(23)15-28(19)27(29)18(4)30-5;1-14-5-7-17-18(9-14)19-10-15(2)24(29-4)12-21(19)20-11-16-6-8-23(28-3)25(27)26(16)13-22(17)20;1-2/h8,10-13,15,19H,1,9,14,16H2,2-7H3;7-8,10-12,14,18H,9,13,15H2,1-6H3;7,9-12,14,19H,1,4,8,13,15H2,2-3,5-6H3;5,7-10,12,16H,6,11,13H2,1-4H3;1-2H2/t19-;18-;19-;16-;/m1111./s1. The smallest absolute Gasteiger partial charge is 0.410 e. The molecular weight excluding hydrogens is 1570 g/mol. The predicted octanol–water partition coefficient (Wildman–Crippen LogP) is 23.9. The number of carbonyl (C=O) groups excluding carboxylic acids is 5. The molecule has 0 aromatic heterocycles. The average molecular weight is 1700 g/mol. The van der Waals surface area contributed by atoms with Crippen LogP contribution in [-0.4, -0.2) is 128 Å². The monoisotopic (exact) mass is 1690 g/mol. The van der Waals surface area contributed by atoms with E-state index in [4.69, 9.17) is 37.9 Å². The molecule has 5 heterocycles. The van der Waals surface area contributed by atoms with Gasteiger partial charge < -0.3 is 62.3 Å². The fourth-order valence-electron chi connectivity index (χ4n) is 19.4. The van der Waals surface area contributed by atoms with Crippen molar-refractivity contribution in [1.29, 1.82) is 0 Å². The topological polar surface area (TPSA) is 172 Å². The minimum Gasteiger partial charge on any atom is -0.496 e. The van der Waals surface area contributed by atoms with Gasteiger partial charge in [-0.2, -0.15) is 0 Å². The summed E-state index contributed by atoms with van der Waals surface area (Å²) in [7, 11) is 9.90. The molecule has 656 valence electrons. The lowest BCUT2D eigenvalue weighted by molar-refractivity contribution is -0.135. The number of methoxy groups -OCH3 is 6. The van der Waals surface area contributed by atoms with Crippen LogP contribution in [0.15, 0.2) is 184 Å². The number of amides is 4. The summed E-state index contributed by atoms with van der Waals surface area (Å²) < 4.78 is 44.5. The van der Waals surface area contributed by atoms with Gasteiger partial charge in [0.05, 0.1) is 55.7 Å². The highest BCUT2D eigenvalue weighted by molar-refractivity contribution is 6.16. The van der Waals surface area contributed by atoms with Crippen molar-refractivity contribution < 1.29 is 61.9 Å². The summed E-state index contributed by atoms with van der Waals surface area (Å²) >= 11 is 0. The Kier molecular flexibility index (Phi) is 26.9. The first-order chi connectivity index (χ1) is 60.1. The van der Waals surface area contributed by atoms with E-state index in [9.17, 15) is 24.0 Å². The van der Waals surface area contributed by atoms with Gasteiger partial charge in [0, 0.05) is 43.7 Å². The van der Waals surface area contributed by atoms with Crippen molar-refractivity contribution in [3.05, 3.63) is 273 Å². The van der Waals surface area contributed by atoms with E-state index in [1.54, 1.807) is 40.4 Å². The second kappa shape index (κ2) is 37.3. The second-order valence-corrected chi connectivity index (χ2v) is 36.1. The van der Waals surface area contributed by atoms with Crippen LogP contribution in [0.5, 0.6) is 23.0 Å². The van der Waals surface area contributed by atoms with Gasteiger partial charge in [-0.05, 0) is 349 Å². The molecule has 0 N–H and O–H groups in total. The molecule has 17 rings (SSSR count). The molecule has 0 spiro atoms. The number of rotatable bonds is 13. The molecule has 12 aromatic carbocycles. The largest absolute Gasteiger partial charge is 0.496 e. The summed E-state index contributed by atoms with van der Waals surface area (Å²) in [6.07, 6.45) is 11.4. The quantitative estimate of drug-likeness (QED) is 0.0351. The van der Waals surface area contributed by atoms with Gasteiger partial charge in [-0.25, -0.2) is 9.59 Å². The second-order valence-electron chi connectivity index (χ2n) is 36.1. The van der Waals surface area contributed by atoms with Crippen LogP contribution in [-0.2, 0) is 85.2 Å². The van der Waals surface area contributed by atoms with Crippen molar-refractivity contribution in [2.24, 2.45) is 0 Å². The zero-order valence-corrected chi connectivity index (χ0v) is 77.3. The maximum absolute atomic E-state index is 13.2. The fourth-order valence-corrected chi connectivity index (χ4v) is 19.4. The third kappa shape index (κ3) is 17.9. The van der Waals surface area contributed by atoms with Crippen LogP contribution in [0.25, 0.3) is 86.2 Å². The van der Waals surface area contributed by atoms with Gasteiger partial charge >= 0.3 is 12.2 Å². The molecule has 0 aliphatic carbocycles. The molecule has 12 aromatic rings. The number of carbonyl (C=O) groups is 5. The van der Waals surface area contributed by atoms with Crippen molar-refractivity contribution in [3.8, 4) is 23.0 Å². The summed E-state index contributed by atoms with van der Waals surface area (Å²) in [5.74, 6) is 3.98. The lowest BCUT2D eigenvalue weighted by Gasteiger charge is -2.40. The third-order valence-corrected chi connectivity index (χ3v) is 25.4. The maximum atomic E-state index is 13.2. The molecule has 0 saturated carbocycles. The van der Waals surface area contributed by atoms with Crippen molar-refractivity contribution in [3.63, 3.8) is 0 Å². The molecule has 0 fully saturated rings. The van der Waals surface area contributed by atoms with Gasteiger partial charge in [0.2, 0.25) is 0 Å². The van der Waals surface area contributed by atoms with Gasteiger partial charge in [0.1, 0.15) is 40.5 Å². The summed E-state index contributed by atoms with van der Waals surface area (Å²) in [6.45, 7) is 47.8. The van der Waals surface area contributed by atoms with E-state index in [1.807, 2.05) is 74.5 Å². The van der Waals surface area contributed by atoms with E-state index in [2.05, 4.69) is 210 Å². The molecule has 17 heteroatoms. The minimum atomic E-state index is -0.601. The van der Waals surface area contributed by atoms with E-state index < -0.39 is 11.2 Å². The Morgan fingerprint density at radius 1 is 0.389 bits per heavy atom. The van der Waals surface area contributed by atoms with Crippen LogP contribution in [0.3, 0.4) is 0 Å². The van der Waals surface area contributed by atoms with E-state index in [0.717, 1.165) is 100.0 Å². The van der Waals surface area contributed by atoms with Gasteiger partial charge in [0.25, 0.3) is 11.8 Å². The van der Waals surface area contributed by atoms with Crippen molar-refractivity contribution in [2.75, 3.05) is 42.7 Å². The number of ether oxygens (including phenoxy) is 8. The first-order valence-electron chi connectivity index (χ1n) is 43.5. The minimum absolute atomic E-state index is 0.00259.